The molecule has 0 spiro atoms. The molecule has 0 aliphatic heterocycles. The lowest BCUT2D eigenvalue weighted by Gasteiger charge is -2.05. The van der Waals surface area contributed by atoms with E-state index in [0.717, 1.165) is 0 Å². The largest absolute Gasteiger partial charge is 0.396 e. The van der Waals surface area contributed by atoms with Crippen molar-refractivity contribution >= 4 is 17.5 Å². The van der Waals surface area contributed by atoms with Crippen LogP contribution in [0.2, 0.25) is 5.02 Å². The summed E-state index contributed by atoms with van der Waals surface area (Å²) in [6.45, 7) is -0.144. The summed E-state index contributed by atoms with van der Waals surface area (Å²) in [7, 11) is 0. The van der Waals surface area contributed by atoms with Crippen LogP contribution in [-0.2, 0) is 11.3 Å². The Morgan fingerprint density at radius 1 is 1.53 bits per heavy atom. The first-order valence-electron chi connectivity index (χ1n) is 4.45. The van der Waals surface area contributed by atoms with E-state index in [1.54, 1.807) is 0 Å². The van der Waals surface area contributed by atoms with E-state index in [1.807, 2.05) is 0 Å². The Morgan fingerprint density at radius 3 is 2.93 bits per heavy atom. The maximum Gasteiger partial charge on any atom is 0.222 e. The molecule has 0 aliphatic rings. The van der Waals surface area contributed by atoms with Crippen molar-refractivity contribution in [2.24, 2.45) is 0 Å². The summed E-state index contributed by atoms with van der Waals surface area (Å²) >= 11 is 5.67. The van der Waals surface area contributed by atoms with E-state index in [0.29, 0.717) is 10.6 Å². The minimum Gasteiger partial charge on any atom is -0.396 e. The van der Waals surface area contributed by atoms with Gasteiger partial charge in [0.25, 0.3) is 0 Å². The smallest absolute Gasteiger partial charge is 0.222 e. The lowest BCUT2D eigenvalue weighted by Crippen LogP contribution is -2.23. The first-order valence-corrected chi connectivity index (χ1v) is 4.82. The quantitative estimate of drug-likeness (QED) is 0.825. The van der Waals surface area contributed by atoms with Crippen LogP contribution in [0.3, 0.4) is 0 Å². The van der Waals surface area contributed by atoms with Crippen LogP contribution >= 0.6 is 11.6 Å². The molecule has 1 aromatic rings. The first kappa shape index (κ1) is 11.9. The molecule has 0 aromatic heterocycles. The van der Waals surface area contributed by atoms with Gasteiger partial charge in [0.05, 0.1) is 6.61 Å². The van der Waals surface area contributed by atoms with Crippen molar-refractivity contribution in [3.63, 3.8) is 0 Å². The van der Waals surface area contributed by atoms with Crippen LogP contribution in [0.4, 0.5) is 4.39 Å². The number of halogens is 2. The highest BCUT2D eigenvalue weighted by molar-refractivity contribution is 6.30. The summed E-state index contributed by atoms with van der Waals surface area (Å²) in [5, 5.41) is 11.4. The van der Waals surface area contributed by atoms with Crippen LogP contribution in [0.5, 0.6) is 0 Å². The molecule has 0 unspecified atom stereocenters. The van der Waals surface area contributed by atoms with E-state index in [4.69, 9.17) is 16.7 Å². The fourth-order valence-corrected chi connectivity index (χ4v) is 1.26. The Hall–Kier alpha value is -1.13. The lowest BCUT2D eigenvalue weighted by atomic mass is 10.2. The number of hydrogen-bond acceptors (Lipinski definition) is 2. The zero-order valence-corrected chi connectivity index (χ0v) is 8.72. The molecule has 5 heteroatoms. The van der Waals surface area contributed by atoms with Gasteiger partial charge in [-0.05, 0) is 18.2 Å². The zero-order chi connectivity index (χ0) is 11.3. The number of aliphatic hydroxyl groups is 1. The van der Waals surface area contributed by atoms with Gasteiger partial charge in [0.1, 0.15) is 5.82 Å². The number of carbonyl (C=O) groups excluding carboxylic acids is 1. The average molecular weight is 232 g/mol. The van der Waals surface area contributed by atoms with Gasteiger partial charge >= 0.3 is 0 Å². The number of rotatable bonds is 4. The number of carbonyl (C=O) groups is 1. The van der Waals surface area contributed by atoms with E-state index in [1.165, 1.54) is 18.2 Å². The third-order valence-corrected chi connectivity index (χ3v) is 2.06. The fourth-order valence-electron chi connectivity index (χ4n) is 1.06. The first-order chi connectivity index (χ1) is 7.13. The third-order valence-electron chi connectivity index (χ3n) is 1.82. The Kier molecular flexibility index (Phi) is 4.52. The molecule has 0 bridgehead atoms. The SMILES string of the molecule is O=C(CCO)NCc1cc(Cl)ccc1F. The van der Waals surface area contributed by atoms with Gasteiger partial charge in [-0.2, -0.15) is 0 Å². The van der Waals surface area contributed by atoms with Gasteiger partial charge in [-0.1, -0.05) is 11.6 Å². The van der Waals surface area contributed by atoms with Crippen LogP contribution in [0.25, 0.3) is 0 Å². The molecule has 3 nitrogen and oxygen atoms in total. The maximum absolute atomic E-state index is 13.1. The third kappa shape index (κ3) is 3.85. The second-order valence-electron chi connectivity index (χ2n) is 2.99. The van der Waals surface area contributed by atoms with Crippen LogP contribution < -0.4 is 5.32 Å². The minimum atomic E-state index is -0.413. The standard InChI is InChI=1S/C10H11ClFNO2/c11-8-1-2-9(12)7(5-8)6-13-10(15)3-4-14/h1-2,5,14H,3-4,6H2,(H,13,15). The molecule has 0 atom stereocenters. The molecule has 0 aliphatic carbocycles. The van der Waals surface area contributed by atoms with Gasteiger partial charge in [-0.3, -0.25) is 4.79 Å². The van der Waals surface area contributed by atoms with E-state index in [2.05, 4.69) is 5.32 Å². The fraction of sp³-hybridized carbons (Fsp3) is 0.300. The van der Waals surface area contributed by atoms with Gasteiger partial charge in [0, 0.05) is 23.6 Å². The number of benzene rings is 1. The number of nitrogens with one attached hydrogen (secondary N) is 1. The Morgan fingerprint density at radius 2 is 2.27 bits per heavy atom. The van der Waals surface area contributed by atoms with Crippen molar-refractivity contribution in [3.8, 4) is 0 Å². The summed E-state index contributed by atoms with van der Waals surface area (Å²) in [5.74, 6) is -0.736. The maximum atomic E-state index is 13.1. The molecule has 1 rings (SSSR count). The number of aliphatic hydroxyl groups excluding tert-OH is 1. The normalized spacial score (nSPS) is 10.1. The zero-order valence-electron chi connectivity index (χ0n) is 7.96. The Labute approximate surface area is 91.9 Å². The second-order valence-corrected chi connectivity index (χ2v) is 3.42. The van der Waals surface area contributed by atoms with Gasteiger partial charge < -0.3 is 10.4 Å². The summed E-state index contributed by atoms with van der Waals surface area (Å²) in [5.41, 5.74) is 0.328. The highest BCUT2D eigenvalue weighted by atomic mass is 35.5. The highest BCUT2D eigenvalue weighted by Gasteiger charge is 2.05. The summed E-state index contributed by atoms with van der Waals surface area (Å²) in [6.07, 6.45) is 0.0161. The summed E-state index contributed by atoms with van der Waals surface area (Å²) < 4.78 is 13.1. The van der Waals surface area contributed by atoms with Crippen LogP contribution in [-0.4, -0.2) is 17.6 Å². The van der Waals surface area contributed by atoms with E-state index >= 15 is 0 Å². The molecule has 0 radical (unpaired) electrons. The van der Waals surface area contributed by atoms with Crippen LogP contribution in [0.15, 0.2) is 18.2 Å². The van der Waals surface area contributed by atoms with Crippen molar-refractivity contribution in [1.29, 1.82) is 0 Å². The van der Waals surface area contributed by atoms with Gasteiger partial charge in [0.15, 0.2) is 0 Å². The molecular formula is C10H11ClFNO2. The van der Waals surface area contributed by atoms with Crippen LogP contribution in [0.1, 0.15) is 12.0 Å². The molecule has 0 fully saturated rings. The highest BCUT2D eigenvalue weighted by Crippen LogP contribution is 2.14. The monoisotopic (exact) mass is 231 g/mol. The molecule has 1 amide bonds. The second kappa shape index (κ2) is 5.68. The minimum absolute atomic E-state index is 0.0161. The van der Waals surface area contributed by atoms with E-state index < -0.39 is 5.82 Å². The van der Waals surface area contributed by atoms with Crippen molar-refractivity contribution in [3.05, 3.63) is 34.6 Å². The average Bonchev–Trinajstić information content (AvgIpc) is 2.20. The topological polar surface area (TPSA) is 49.3 Å². The van der Waals surface area contributed by atoms with Gasteiger partial charge in [-0.15, -0.1) is 0 Å². The lowest BCUT2D eigenvalue weighted by molar-refractivity contribution is -0.121. The Bertz CT molecular complexity index is 357. The van der Waals surface area contributed by atoms with Crippen molar-refractivity contribution in [2.45, 2.75) is 13.0 Å². The molecule has 1 aromatic carbocycles. The molecular weight excluding hydrogens is 221 g/mol. The summed E-state index contributed by atoms with van der Waals surface area (Å²) in [4.78, 5) is 11.0. The van der Waals surface area contributed by atoms with Gasteiger partial charge in [-0.25, -0.2) is 4.39 Å². The molecule has 0 heterocycles. The van der Waals surface area contributed by atoms with Crippen molar-refractivity contribution in [2.75, 3.05) is 6.61 Å². The molecule has 2 N–H and O–H groups in total. The summed E-state index contributed by atoms with van der Waals surface area (Å²) in [6, 6.07) is 4.14. The number of hydrogen-bond donors (Lipinski definition) is 2. The van der Waals surface area contributed by atoms with Crippen molar-refractivity contribution < 1.29 is 14.3 Å². The molecule has 82 valence electrons. The molecule has 15 heavy (non-hydrogen) atoms. The van der Waals surface area contributed by atoms with Crippen molar-refractivity contribution in [1.82, 2.24) is 5.32 Å². The van der Waals surface area contributed by atoms with E-state index in [9.17, 15) is 9.18 Å². The number of amides is 1. The Balaban J connectivity index is 2.57. The predicted octanol–water partition coefficient (Wildman–Crippen LogP) is 1.48. The molecule has 0 saturated carbocycles. The molecule has 0 saturated heterocycles. The van der Waals surface area contributed by atoms with E-state index in [-0.39, 0.29) is 25.5 Å². The van der Waals surface area contributed by atoms with Crippen LogP contribution in [0, 0.1) is 5.82 Å². The predicted molar refractivity (Wildman–Crippen MR) is 55.0 cm³/mol. The van der Waals surface area contributed by atoms with Gasteiger partial charge in [0.2, 0.25) is 5.91 Å².